The molecule has 0 fully saturated rings. The van der Waals surface area contributed by atoms with E-state index in [1.165, 1.54) is 0 Å². The third kappa shape index (κ3) is 5.11. The highest BCUT2D eigenvalue weighted by Gasteiger charge is 1.89. The highest BCUT2D eigenvalue weighted by Crippen LogP contribution is 1.86. The molecule has 0 aliphatic heterocycles. The van der Waals surface area contributed by atoms with Gasteiger partial charge in [0.05, 0.1) is 6.61 Å². The topological polar surface area (TPSA) is 69.6 Å². The summed E-state index contributed by atoms with van der Waals surface area (Å²) >= 11 is 0. The summed E-state index contributed by atoms with van der Waals surface area (Å²) < 4.78 is 0. The lowest BCUT2D eigenvalue weighted by molar-refractivity contribution is 0.195. The monoisotopic (exact) mass is 145 g/mol. The lowest BCUT2D eigenvalue weighted by Crippen LogP contribution is -2.20. The molecule has 0 spiro atoms. The summed E-state index contributed by atoms with van der Waals surface area (Å²) in [5.74, 6) is 0. The molecule has 0 aromatic carbocycles. The molecule has 0 unspecified atom stereocenters. The van der Waals surface area contributed by atoms with Crippen molar-refractivity contribution < 1.29 is 15.0 Å². The van der Waals surface area contributed by atoms with Gasteiger partial charge in [0, 0.05) is 6.54 Å². The molecule has 0 aromatic rings. The molecule has 0 saturated heterocycles. The second-order valence-electron chi connectivity index (χ2n) is 1.89. The minimum Gasteiger partial charge on any atom is -0.465 e. The molecule has 0 bridgehead atoms. The number of nitrogens with one attached hydrogen (secondary N) is 1. The van der Waals surface area contributed by atoms with Crippen molar-refractivity contribution in [3.05, 3.63) is 11.6 Å². The fourth-order valence-electron chi connectivity index (χ4n) is 0.377. The van der Waals surface area contributed by atoms with E-state index in [2.05, 4.69) is 5.32 Å². The summed E-state index contributed by atoms with van der Waals surface area (Å²) in [7, 11) is 0. The Bertz CT molecular complexity index is 142. The highest BCUT2D eigenvalue weighted by molar-refractivity contribution is 5.64. The van der Waals surface area contributed by atoms with Crippen LogP contribution < -0.4 is 5.32 Å². The van der Waals surface area contributed by atoms with Gasteiger partial charge in [-0.2, -0.15) is 0 Å². The number of aliphatic hydroxyl groups is 1. The van der Waals surface area contributed by atoms with Crippen LogP contribution in [0.25, 0.3) is 0 Å². The number of carboxylic acid groups (broad SMARTS) is 1. The van der Waals surface area contributed by atoms with Crippen LogP contribution in [-0.2, 0) is 0 Å². The largest absolute Gasteiger partial charge is 0.465 e. The standard InChI is InChI=1S/C6H11NO3/c1-5(4-8)2-3-7-6(9)10/h2,7-8H,3-4H2,1H3,(H,9,10)/b5-2+. The average Bonchev–Trinajstić information content (AvgIpc) is 1.87. The molecule has 0 heterocycles. The maximum absolute atomic E-state index is 9.87. The lowest BCUT2D eigenvalue weighted by atomic mass is 10.3. The first-order chi connectivity index (χ1) is 4.66. The van der Waals surface area contributed by atoms with Crippen LogP contribution in [0.15, 0.2) is 11.6 Å². The predicted octanol–water partition coefficient (Wildman–Crippen LogP) is 0.193. The fraction of sp³-hybridized carbons (Fsp3) is 0.500. The minimum atomic E-state index is -1.05. The number of aliphatic hydroxyl groups excluding tert-OH is 1. The van der Waals surface area contributed by atoms with E-state index in [9.17, 15) is 4.79 Å². The minimum absolute atomic E-state index is 0.0265. The first kappa shape index (κ1) is 8.97. The second-order valence-corrected chi connectivity index (χ2v) is 1.89. The molecule has 0 radical (unpaired) electrons. The summed E-state index contributed by atoms with van der Waals surface area (Å²) in [6.45, 7) is 1.95. The van der Waals surface area contributed by atoms with Crippen LogP contribution in [0.1, 0.15) is 6.92 Å². The average molecular weight is 145 g/mol. The quantitative estimate of drug-likeness (QED) is 0.496. The maximum atomic E-state index is 9.87. The Morgan fingerprint density at radius 3 is 2.70 bits per heavy atom. The van der Waals surface area contributed by atoms with Crippen molar-refractivity contribution >= 4 is 6.09 Å². The molecule has 0 atom stereocenters. The van der Waals surface area contributed by atoms with E-state index in [0.29, 0.717) is 0 Å². The van der Waals surface area contributed by atoms with Gasteiger partial charge >= 0.3 is 6.09 Å². The predicted molar refractivity (Wildman–Crippen MR) is 36.9 cm³/mol. The molecule has 0 aromatic heterocycles. The number of carbonyl (C=O) groups is 1. The molecule has 4 heteroatoms. The Labute approximate surface area is 59.2 Å². The van der Waals surface area contributed by atoms with Gasteiger partial charge < -0.3 is 15.5 Å². The van der Waals surface area contributed by atoms with E-state index < -0.39 is 6.09 Å². The zero-order valence-corrected chi connectivity index (χ0v) is 5.79. The van der Waals surface area contributed by atoms with E-state index >= 15 is 0 Å². The van der Waals surface area contributed by atoms with Gasteiger partial charge in [-0.1, -0.05) is 11.6 Å². The molecule has 58 valence electrons. The molecule has 0 saturated carbocycles. The Balaban J connectivity index is 3.43. The van der Waals surface area contributed by atoms with Crippen molar-refractivity contribution in [1.82, 2.24) is 5.32 Å². The van der Waals surface area contributed by atoms with Gasteiger partial charge in [-0.3, -0.25) is 0 Å². The van der Waals surface area contributed by atoms with Gasteiger partial charge in [-0.25, -0.2) is 4.79 Å². The Kier molecular flexibility index (Phi) is 4.32. The van der Waals surface area contributed by atoms with Crippen LogP contribution in [0.2, 0.25) is 0 Å². The molecule has 4 nitrogen and oxygen atoms in total. The molecular formula is C6H11NO3. The molecule has 3 N–H and O–H groups in total. The normalized spacial score (nSPS) is 11.2. The Morgan fingerprint density at radius 1 is 1.70 bits per heavy atom. The third-order valence-corrected chi connectivity index (χ3v) is 0.953. The van der Waals surface area contributed by atoms with Crippen molar-refractivity contribution in [2.45, 2.75) is 6.92 Å². The van der Waals surface area contributed by atoms with Crippen molar-refractivity contribution in [2.24, 2.45) is 0 Å². The summed E-state index contributed by atoms with van der Waals surface area (Å²) in [5, 5.41) is 18.7. The first-order valence-corrected chi connectivity index (χ1v) is 2.90. The highest BCUT2D eigenvalue weighted by atomic mass is 16.4. The van der Waals surface area contributed by atoms with E-state index in [-0.39, 0.29) is 13.2 Å². The molecule has 0 rings (SSSR count). The number of rotatable bonds is 3. The van der Waals surface area contributed by atoms with Crippen LogP contribution in [0.4, 0.5) is 4.79 Å². The lowest BCUT2D eigenvalue weighted by Gasteiger charge is -1.95. The van der Waals surface area contributed by atoms with Crippen LogP contribution in [-0.4, -0.2) is 29.5 Å². The van der Waals surface area contributed by atoms with Crippen LogP contribution in [0.3, 0.4) is 0 Å². The second kappa shape index (κ2) is 4.81. The van der Waals surface area contributed by atoms with Crippen molar-refractivity contribution in [3.8, 4) is 0 Å². The smallest absolute Gasteiger partial charge is 0.404 e. The van der Waals surface area contributed by atoms with Crippen LogP contribution >= 0.6 is 0 Å². The molecule has 10 heavy (non-hydrogen) atoms. The molecule has 0 aliphatic rings. The Hall–Kier alpha value is -1.03. The van der Waals surface area contributed by atoms with Gasteiger partial charge in [-0.05, 0) is 6.92 Å². The van der Waals surface area contributed by atoms with Gasteiger partial charge in [0.25, 0.3) is 0 Å². The fourth-order valence-corrected chi connectivity index (χ4v) is 0.377. The van der Waals surface area contributed by atoms with E-state index in [1.807, 2.05) is 0 Å². The molecule has 0 aliphatic carbocycles. The van der Waals surface area contributed by atoms with E-state index in [1.54, 1.807) is 13.0 Å². The molecule has 1 amide bonds. The molecular weight excluding hydrogens is 134 g/mol. The van der Waals surface area contributed by atoms with Crippen molar-refractivity contribution in [1.29, 1.82) is 0 Å². The zero-order valence-electron chi connectivity index (χ0n) is 5.79. The maximum Gasteiger partial charge on any atom is 0.404 e. The number of hydrogen-bond acceptors (Lipinski definition) is 2. The third-order valence-electron chi connectivity index (χ3n) is 0.953. The number of hydrogen-bond donors (Lipinski definition) is 3. The number of amides is 1. The van der Waals surface area contributed by atoms with Crippen LogP contribution in [0, 0.1) is 0 Å². The van der Waals surface area contributed by atoms with Crippen LogP contribution in [0.5, 0.6) is 0 Å². The summed E-state index contributed by atoms with van der Waals surface area (Å²) in [4.78, 5) is 9.87. The summed E-state index contributed by atoms with van der Waals surface area (Å²) in [6, 6.07) is 0. The van der Waals surface area contributed by atoms with E-state index in [4.69, 9.17) is 10.2 Å². The van der Waals surface area contributed by atoms with Crippen molar-refractivity contribution in [2.75, 3.05) is 13.2 Å². The zero-order chi connectivity index (χ0) is 7.98. The summed E-state index contributed by atoms with van der Waals surface area (Å²) in [5.41, 5.74) is 0.758. The Morgan fingerprint density at radius 2 is 2.30 bits per heavy atom. The van der Waals surface area contributed by atoms with Crippen molar-refractivity contribution in [3.63, 3.8) is 0 Å². The van der Waals surface area contributed by atoms with Gasteiger partial charge in [0.15, 0.2) is 0 Å². The van der Waals surface area contributed by atoms with E-state index in [0.717, 1.165) is 5.57 Å². The first-order valence-electron chi connectivity index (χ1n) is 2.90. The van der Waals surface area contributed by atoms with Gasteiger partial charge in [-0.15, -0.1) is 0 Å². The van der Waals surface area contributed by atoms with Gasteiger partial charge in [0.2, 0.25) is 0 Å². The van der Waals surface area contributed by atoms with Gasteiger partial charge in [0.1, 0.15) is 0 Å². The SMILES string of the molecule is C/C(=C\CNC(=O)O)CO. The summed E-state index contributed by atoms with van der Waals surface area (Å²) in [6.07, 6.45) is 0.565.